The van der Waals surface area contributed by atoms with Gasteiger partial charge in [0.05, 0.1) is 28.4 Å². The summed E-state index contributed by atoms with van der Waals surface area (Å²) >= 11 is 11.9. The second-order valence-corrected chi connectivity index (χ2v) is 6.10. The first-order valence-electron chi connectivity index (χ1n) is 7.53. The van der Waals surface area contributed by atoms with Crippen LogP contribution in [0.15, 0.2) is 59.0 Å². The molecule has 26 heavy (non-hydrogen) atoms. The molecule has 7 heteroatoms. The predicted octanol–water partition coefficient (Wildman–Crippen LogP) is 5.29. The van der Waals surface area contributed by atoms with Gasteiger partial charge in [0.15, 0.2) is 5.76 Å². The molecule has 0 aliphatic carbocycles. The summed E-state index contributed by atoms with van der Waals surface area (Å²) in [4.78, 5) is 24.2. The number of anilines is 1. The normalized spacial score (nSPS) is 10.4. The topological polar surface area (TPSA) is 68.5 Å². The van der Waals surface area contributed by atoms with Crippen molar-refractivity contribution >= 4 is 40.8 Å². The molecular formula is C19H13Cl2NO4. The highest BCUT2D eigenvalue weighted by molar-refractivity contribution is 6.42. The van der Waals surface area contributed by atoms with E-state index < -0.39 is 11.9 Å². The number of rotatable bonds is 4. The van der Waals surface area contributed by atoms with Crippen LogP contribution >= 0.6 is 23.2 Å². The molecule has 1 N–H and O–H groups in total. The van der Waals surface area contributed by atoms with E-state index in [2.05, 4.69) is 5.32 Å². The number of carbonyl (C=O) groups excluding carboxylic acids is 2. The number of nitrogens with one attached hydrogen (secondary N) is 1. The number of hydrogen-bond acceptors (Lipinski definition) is 4. The van der Waals surface area contributed by atoms with E-state index in [0.29, 0.717) is 27.1 Å². The molecule has 0 saturated carbocycles. The van der Waals surface area contributed by atoms with Crippen molar-refractivity contribution < 1.29 is 18.7 Å². The maximum absolute atomic E-state index is 12.4. The minimum absolute atomic E-state index is 0.0886. The summed E-state index contributed by atoms with van der Waals surface area (Å²) in [5.74, 6) is -0.481. The fraction of sp³-hybridized carbons (Fsp3) is 0.0526. The fourth-order valence-electron chi connectivity index (χ4n) is 2.33. The lowest BCUT2D eigenvalue weighted by Crippen LogP contribution is -2.14. The van der Waals surface area contributed by atoms with Crippen LogP contribution in [0.1, 0.15) is 20.9 Å². The Morgan fingerprint density at radius 3 is 2.50 bits per heavy atom. The fourth-order valence-corrected chi connectivity index (χ4v) is 2.63. The second kappa shape index (κ2) is 7.64. The first kappa shape index (κ1) is 18.0. The van der Waals surface area contributed by atoms with Crippen LogP contribution in [0.2, 0.25) is 10.0 Å². The zero-order chi connectivity index (χ0) is 18.7. The van der Waals surface area contributed by atoms with Gasteiger partial charge in [-0.3, -0.25) is 4.79 Å². The molecule has 0 fully saturated rings. The molecule has 5 nitrogen and oxygen atoms in total. The van der Waals surface area contributed by atoms with Crippen molar-refractivity contribution in [2.75, 3.05) is 12.4 Å². The molecule has 3 rings (SSSR count). The van der Waals surface area contributed by atoms with Gasteiger partial charge in [-0.25, -0.2) is 4.79 Å². The standard InChI is InChI=1S/C19H13Cl2NO4/c1-25-19(24)12-4-2-3-5-15(12)22-18(23)17-9-8-16(26-17)11-6-7-13(20)14(21)10-11/h2-10H,1H3,(H,22,23). The molecule has 0 bridgehead atoms. The van der Waals surface area contributed by atoms with Crippen LogP contribution < -0.4 is 5.32 Å². The van der Waals surface area contributed by atoms with Gasteiger partial charge in [0.2, 0.25) is 0 Å². The van der Waals surface area contributed by atoms with Gasteiger partial charge < -0.3 is 14.5 Å². The molecule has 3 aromatic rings. The van der Waals surface area contributed by atoms with E-state index in [4.69, 9.17) is 32.4 Å². The molecular weight excluding hydrogens is 377 g/mol. The largest absolute Gasteiger partial charge is 0.465 e. The summed E-state index contributed by atoms with van der Waals surface area (Å²) in [6, 6.07) is 14.8. The number of ether oxygens (including phenoxy) is 1. The highest BCUT2D eigenvalue weighted by Crippen LogP contribution is 2.30. The van der Waals surface area contributed by atoms with Gasteiger partial charge in [-0.15, -0.1) is 0 Å². The van der Waals surface area contributed by atoms with Crippen LogP contribution in [-0.2, 0) is 4.74 Å². The Kier molecular flexibility index (Phi) is 5.30. The minimum atomic E-state index is -0.545. The summed E-state index contributed by atoms with van der Waals surface area (Å²) in [5, 5.41) is 3.46. The number of halogens is 2. The van der Waals surface area contributed by atoms with Crippen LogP contribution in [0.4, 0.5) is 5.69 Å². The quantitative estimate of drug-likeness (QED) is 0.615. The lowest BCUT2D eigenvalue weighted by Gasteiger charge is -2.08. The number of furan rings is 1. The second-order valence-electron chi connectivity index (χ2n) is 5.28. The van der Waals surface area contributed by atoms with Crippen LogP contribution in [0.5, 0.6) is 0 Å². The number of hydrogen-bond donors (Lipinski definition) is 1. The Hall–Kier alpha value is -2.76. The molecule has 0 aliphatic heterocycles. The number of para-hydroxylation sites is 1. The minimum Gasteiger partial charge on any atom is -0.465 e. The number of benzene rings is 2. The van der Waals surface area contributed by atoms with Crippen molar-refractivity contribution in [3.8, 4) is 11.3 Å². The van der Waals surface area contributed by atoms with Crippen molar-refractivity contribution in [2.24, 2.45) is 0 Å². The van der Waals surface area contributed by atoms with E-state index in [0.717, 1.165) is 0 Å². The van der Waals surface area contributed by atoms with Gasteiger partial charge in [-0.2, -0.15) is 0 Å². The Morgan fingerprint density at radius 1 is 1.00 bits per heavy atom. The zero-order valence-corrected chi connectivity index (χ0v) is 15.1. The molecule has 1 amide bonds. The molecule has 0 aliphatic rings. The maximum atomic E-state index is 12.4. The van der Waals surface area contributed by atoms with Crippen molar-refractivity contribution in [1.82, 2.24) is 0 Å². The van der Waals surface area contributed by atoms with E-state index in [-0.39, 0.29) is 11.3 Å². The van der Waals surface area contributed by atoms with Gasteiger partial charge in [0.1, 0.15) is 5.76 Å². The third-order valence-electron chi connectivity index (χ3n) is 3.61. The van der Waals surface area contributed by atoms with Crippen LogP contribution in [0.3, 0.4) is 0 Å². The highest BCUT2D eigenvalue weighted by atomic mass is 35.5. The van der Waals surface area contributed by atoms with E-state index in [1.165, 1.54) is 13.2 Å². The lowest BCUT2D eigenvalue weighted by atomic mass is 10.1. The van der Waals surface area contributed by atoms with E-state index in [1.807, 2.05) is 0 Å². The van der Waals surface area contributed by atoms with Crippen molar-refractivity contribution in [2.45, 2.75) is 0 Å². The van der Waals surface area contributed by atoms with Crippen LogP contribution in [0.25, 0.3) is 11.3 Å². The van der Waals surface area contributed by atoms with Crippen LogP contribution in [0, 0.1) is 0 Å². The Balaban J connectivity index is 1.83. The molecule has 132 valence electrons. The SMILES string of the molecule is COC(=O)c1ccccc1NC(=O)c1ccc(-c2ccc(Cl)c(Cl)c2)o1. The van der Waals surface area contributed by atoms with Gasteiger partial charge in [-0.1, -0.05) is 35.3 Å². The monoisotopic (exact) mass is 389 g/mol. The smallest absolute Gasteiger partial charge is 0.339 e. The van der Waals surface area contributed by atoms with E-state index in [9.17, 15) is 9.59 Å². The van der Waals surface area contributed by atoms with Crippen molar-refractivity contribution in [3.05, 3.63) is 76.0 Å². The molecule has 2 aromatic carbocycles. The first-order valence-corrected chi connectivity index (χ1v) is 8.29. The highest BCUT2D eigenvalue weighted by Gasteiger charge is 2.17. The molecule has 1 aromatic heterocycles. The number of amides is 1. The molecule has 0 atom stereocenters. The molecule has 1 heterocycles. The van der Waals surface area contributed by atoms with Gasteiger partial charge in [0.25, 0.3) is 5.91 Å². The first-order chi connectivity index (χ1) is 12.5. The average molecular weight is 390 g/mol. The number of methoxy groups -OCH3 is 1. The van der Waals surface area contributed by atoms with E-state index in [1.54, 1.807) is 48.5 Å². The third-order valence-corrected chi connectivity index (χ3v) is 4.35. The molecule has 0 unspecified atom stereocenters. The molecule has 0 saturated heterocycles. The van der Waals surface area contributed by atoms with Crippen molar-refractivity contribution in [3.63, 3.8) is 0 Å². The Morgan fingerprint density at radius 2 is 1.77 bits per heavy atom. The summed E-state index contributed by atoms with van der Waals surface area (Å²) < 4.78 is 10.3. The molecule has 0 radical (unpaired) electrons. The van der Waals surface area contributed by atoms with Gasteiger partial charge in [0, 0.05) is 5.56 Å². The summed E-state index contributed by atoms with van der Waals surface area (Å²) in [5.41, 5.74) is 1.27. The lowest BCUT2D eigenvalue weighted by molar-refractivity contribution is 0.0602. The predicted molar refractivity (Wildman–Crippen MR) is 99.9 cm³/mol. The van der Waals surface area contributed by atoms with Gasteiger partial charge in [-0.05, 0) is 42.5 Å². The number of esters is 1. The maximum Gasteiger partial charge on any atom is 0.339 e. The zero-order valence-electron chi connectivity index (χ0n) is 13.6. The summed E-state index contributed by atoms with van der Waals surface area (Å²) in [7, 11) is 1.27. The van der Waals surface area contributed by atoms with E-state index >= 15 is 0 Å². The Bertz CT molecular complexity index is 981. The molecule has 0 spiro atoms. The Labute approximate surface area is 159 Å². The average Bonchev–Trinajstić information content (AvgIpc) is 3.14. The number of carbonyl (C=O) groups is 2. The summed E-state index contributed by atoms with van der Waals surface area (Å²) in [6.45, 7) is 0. The van der Waals surface area contributed by atoms with Crippen molar-refractivity contribution in [1.29, 1.82) is 0 Å². The third kappa shape index (κ3) is 3.74. The van der Waals surface area contributed by atoms with Crippen LogP contribution in [-0.4, -0.2) is 19.0 Å². The van der Waals surface area contributed by atoms with Gasteiger partial charge >= 0.3 is 5.97 Å². The summed E-state index contributed by atoms with van der Waals surface area (Å²) in [6.07, 6.45) is 0.